The number of hydrogen-bond donors (Lipinski definition) is 2. The number of rotatable bonds is 4. The molecule has 3 rings (SSSR count). The smallest absolute Gasteiger partial charge is 0.122 e. The van der Waals surface area contributed by atoms with Gasteiger partial charge in [-0.1, -0.05) is 48.5 Å². The molecule has 2 aromatic rings. The highest BCUT2D eigenvalue weighted by Gasteiger charge is 2.33. The second kappa shape index (κ2) is 5.88. The molecule has 0 spiro atoms. The average molecular weight is 283 g/mol. The van der Waals surface area contributed by atoms with Crippen LogP contribution in [0.5, 0.6) is 5.75 Å². The molecule has 1 heterocycles. The van der Waals surface area contributed by atoms with Crippen LogP contribution in [0.4, 0.5) is 0 Å². The average Bonchev–Trinajstić information content (AvgIpc) is 2.56. The SMILES string of the molecule is NCC(O)(CC1CCOc2ccccc21)c1ccccc1. The number of fused-ring (bicyclic) bond motifs is 1. The first kappa shape index (κ1) is 14.1. The van der Waals surface area contributed by atoms with Gasteiger partial charge >= 0.3 is 0 Å². The summed E-state index contributed by atoms with van der Waals surface area (Å²) in [5, 5.41) is 11.0. The molecule has 0 fully saturated rings. The third-order valence-electron chi connectivity index (χ3n) is 4.32. The molecule has 0 bridgehead atoms. The fourth-order valence-corrected chi connectivity index (χ4v) is 3.10. The molecule has 3 heteroatoms. The maximum atomic E-state index is 11.0. The van der Waals surface area contributed by atoms with Gasteiger partial charge in [-0.15, -0.1) is 0 Å². The molecule has 110 valence electrons. The minimum absolute atomic E-state index is 0.219. The normalized spacial score (nSPS) is 20.2. The van der Waals surface area contributed by atoms with Crippen LogP contribution in [0.2, 0.25) is 0 Å². The number of nitrogens with two attached hydrogens (primary N) is 1. The van der Waals surface area contributed by atoms with Crippen molar-refractivity contribution in [2.24, 2.45) is 5.73 Å². The van der Waals surface area contributed by atoms with Crippen molar-refractivity contribution < 1.29 is 9.84 Å². The van der Waals surface area contributed by atoms with Crippen LogP contribution in [0.15, 0.2) is 54.6 Å². The zero-order chi connectivity index (χ0) is 14.7. The molecule has 0 aliphatic carbocycles. The van der Waals surface area contributed by atoms with E-state index in [0.29, 0.717) is 13.0 Å². The van der Waals surface area contributed by atoms with E-state index in [1.807, 2.05) is 48.5 Å². The molecular weight excluding hydrogens is 262 g/mol. The van der Waals surface area contributed by atoms with Gasteiger partial charge in [0.05, 0.1) is 6.61 Å². The van der Waals surface area contributed by atoms with E-state index in [9.17, 15) is 5.11 Å². The Labute approximate surface area is 125 Å². The standard InChI is InChI=1S/C18H21NO2/c19-13-18(20,15-6-2-1-3-7-15)12-14-10-11-21-17-9-5-4-8-16(14)17/h1-9,14,20H,10-13,19H2. The van der Waals surface area contributed by atoms with Gasteiger partial charge in [-0.25, -0.2) is 0 Å². The van der Waals surface area contributed by atoms with Gasteiger partial charge in [0.2, 0.25) is 0 Å². The molecule has 3 nitrogen and oxygen atoms in total. The van der Waals surface area contributed by atoms with E-state index in [2.05, 4.69) is 6.07 Å². The lowest BCUT2D eigenvalue weighted by Gasteiger charge is -2.34. The summed E-state index contributed by atoms with van der Waals surface area (Å²) >= 11 is 0. The summed E-state index contributed by atoms with van der Waals surface area (Å²) in [6.45, 7) is 0.910. The molecule has 2 atom stereocenters. The lowest BCUT2D eigenvalue weighted by atomic mass is 9.79. The first-order valence-corrected chi connectivity index (χ1v) is 7.42. The first-order valence-electron chi connectivity index (χ1n) is 7.42. The minimum Gasteiger partial charge on any atom is -0.493 e. The fraction of sp³-hybridized carbons (Fsp3) is 0.333. The van der Waals surface area contributed by atoms with Crippen LogP contribution in [0, 0.1) is 0 Å². The molecule has 0 radical (unpaired) electrons. The second-order valence-electron chi connectivity index (χ2n) is 5.68. The Hall–Kier alpha value is -1.84. The molecule has 21 heavy (non-hydrogen) atoms. The van der Waals surface area contributed by atoms with E-state index in [0.717, 1.165) is 17.7 Å². The van der Waals surface area contributed by atoms with Gasteiger partial charge in [0.1, 0.15) is 11.4 Å². The summed E-state index contributed by atoms with van der Waals surface area (Å²) in [7, 11) is 0. The van der Waals surface area contributed by atoms with Gasteiger partial charge in [-0.2, -0.15) is 0 Å². The minimum atomic E-state index is -0.990. The Bertz CT molecular complexity index is 599. The fourth-order valence-electron chi connectivity index (χ4n) is 3.10. The largest absolute Gasteiger partial charge is 0.493 e. The zero-order valence-electron chi connectivity index (χ0n) is 12.0. The number of ether oxygens (including phenoxy) is 1. The van der Waals surface area contributed by atoms with E-state index in [-0.39, 0.29) is 12.5 Å². The van der Waals surface area contributed by atoms with Crippen molar-refractivity contribution in [3.63, 3.8) is 0 Å². The predicted octanol–water partition coefficient (Wildman–Crippen LogP) is 2.79. The van der Waals surface area contributed by atoms with Crippen LogP contribution < -0.4 is 10.5 Å². The maximum Gasteiger partial charge on any atom is 0.122 e. The van der Waals surface area contributed by atoms with Crippen molar-refractivity contribution in [3.05, 3.63) is 65.7 Å². The Balaban J connectivity index is 1.89. The molecule has 0 aromatic heterocycles. The van der Waals surface area contributed by atoms with Crippen molar-refractivity contribution in [2.75, 3.05) is 13.2 Å². The Kier molecular flexibility index (Phi) is 3.95. The molecule has 1 aliphatic heterocycles. The van der Waals surface area contributed by atoms with Crippen molar-refractivity contribution in [2.45, 2.75) is 24.4 Å². The van der Waals surface area contributed by atoms with Gasteiger partial charge < -0.3 is 15.6 Å². The number of hydrogen-bond acceptors (Lipinski definition) is 3. The number of aliphatic hydroxyl groups is 1. The number of para-hydroxylation sites is 1. The van der Waals surface area contributed by atoms with Crippen molar-refractivity contribution >= 4 is 0 Å². The van der Waals surface area contributed by atoms with Crippen LogP contribution >= 0.6 is 0 Å². The molecule has 0 saturated carbocycles. The molecular formula is C18H21NO2. The summed E-state index contributed by atoms with van der Waals surface area (Å²) in [5.41, 5.74) is 6.96. The van der Waals surface area contributed by atoms with Crippen LogP contribution in [0.1, 0.15) is 29.9 Å². The lowest BCUT2D eigenvalue weighted by Crippen LogP contribution is -2.37. The highest BCUT2D eigenvalue weighted by Crippen LogP contribution is 2.40. The summed E-state index contributed by atoms with van der Waals surface area (Å²) in [4.78, 5) is 0. The van der Waals surface area contributed by atoms with E-state index >= 15 is 0 Å². The molecule has 1 aliphatic rings. The first-order chi connectivity index (χ1) is 10.2. The van der Waals surface area contributed by atoms with Gasteiger partial charge in [-0.05, 0) is 36.0 Å². The molecule has 3 N–H and O–H groups in total. The quantitative estimate of drug-likeness (QED) is 0.907. The van der Waals surface area contributed by atoms with Gasteiger partial charge in [0.15, 0.2) is 0 Å². The highest BCUT2D eigenvalue weighted by molar-refractivity contribution is 5.38. The third-order valence-corrected chi connectivity index (χ3v) is 4.32. The summed E-state index contributed by atoms with van der Waals surface area (Å²) < 4.78 is 5.69. The highest BCUT2D eigenvalue weighted by atomic mass is 16.5. The van der Waals surface area contributed by atoms with E-state index in [1.165, 1.54) is 5.56 Å². The van der Waals surface area contributed by atoms with Crippen LogP contribution in [0.25, 0.3) is 0 Å². The number of benzene rings is 2. The molecule has 0 saturated heterocycles. The van der Waals surface area contributed by atoms with Gasteiger partial charge in [0.25, 0.3) is 0 Å². The monoisotopic (exact) mass is 283 g/mol. The summed E-state index contributed by atoms with van der Waals surface area (Å²) in [6, 6.07) is 17.8. The van der Waals surface area contributed by atoms with Crippen LogP contribution in [-0.2, 0) is 5.60 Å². The topological polar surface area (TPSA) is 55.5 Å². The lowest BCUT2D eigenvalue weighted by molar-refractivity contribution is 0.0249. The van der Waals surface area contributed by atoms with Crippen molar-refractivity contribution in [1.82, 2.24) is 0 Å². The van der Waals surface area contributed by atoms with Crippen molar-refractivity contribution in [3.8, 4) is 5.75 Å². The molecule has 2 unspecified atom stereocenters. The van der Waals surface area contributed by atoms with Crippen molar-refractivity contribution in [1.29, 1.82) is 0 Å². The van der Waals surface area contributed by atoms with E-state index in [4.69, 9.17) is 10.5 Å². The maximum absolute atomic E-state index is 11.0. The third kappa shape index (κ3) is 2.80. The second-order valence-corrected chi connectivity index (χ2v) is 5.68. The van der Waals surface area contributed by atoms with E-state index in [1.54, 1.807) is 0 Å². The van der Waals surface area contributed by atoms with Gasteiger partial charge in [0, 0.05) is 6.54 Å². The summed E-state index contributed by atoms with van der Waals surface area (Å²) in [6.07, 6.45) is 1.53. The zero-order valence-corrected chi connectivity index (χ0v) is 12.0. The Morgan fingerprint density at radius 2 is 1.81 bits per heavy atom. The predicted molar refractivity (Wildman–Crippen MR) is 83.3 cm³/mol. The Morgan fingerprint density at radius 1 is 1.10 bits per heavy atom. The Morgan fingerprint density at radius 3 is 2.57 bits per heavy atom. The summed E-state index contributed by atoms with van der Waals surface area (Å²) in [5.74, 6) is 1.20. The van der Waals surface area contributed by atoms with Crippen LogP contribution in [0.3, 0.4) is 0 Å². The van der Waals surface area contributed by atoms with Crippen LogP contribution in [-0.4, -0.2) is 18.3 Å². The molecule has 0 amide bonds. The van der Waals surface area contributed by atoms with E-state index < -0.39 is 5.60 Å². The van der Waals surface area contributed by atoms with Gasteiger partial charge in [-0.3, -0.25) is 0 Å². The molecule has 2 aromatic carbocycles.